The standard InChI is InChI=1S/C13H12O.C4H8O2.C2H4O2/c14-13(11-7-3-1-4-8-11)12-9-5-2-6-10-12;1-3(2)4(5)6;1-2(3)4/h1-10,13-14H;3H,1-2H3,(H,5,6);1H3,(H,3,4). The molecule has 130 valence electrons. The average Bonchev–Trinajstić information content (AvgIpc) is 2.56. The van der Waals surface area contributed by atoms with Gasteiger partial charge in [-0.1, -0.05) is 74.5 Å². The van der Waals surface area contributed by atoms with E-state index >= 15 is 0 Å². The zero-order valence-corrected chi connectivity index (χ0v) is 14.1. The SMILES string of the molecule is CC(=O)O.CC(C)C(=O)O.OC(c1ccccc1)c1ccccc1. The van der Waals surface area contributed by atoms with Crippen molar-refractivity contribution in [3.05, 3.63) is 71.8 Å². The molecule has 0 radical (unpaired) electrons. The molecule has 0 aromatic heterocycles. The van der Waals surface area contributed by atoms with Gasteiger partial charge in [0.15, 0.2) is 0 Å². The molecule has 2 aromatic rings. The first-order chi connectivity index (χ1) is 11.3. The topological polar surface area (TPSA) is 94.8 Å². The van der Waals surface area contributed by atoms with Gasteiger partial charge in [-0.25, -0.2) is 0 Å². The number of carbonyl (C=O) groups is 2. The van der Waals surface area contributed by atoms with Crippen LogP contribution >= 0.6 is 0 Å². The van der Waals surface area contributed by atoms with Gasteiger partial charge in [-0.2, -0.15) is 0 Å². The van der Waals surface area contributed by atoms with Crippen molar-refractivity contribution in [2.45, 2.75) is 26.9 Å². The van der Waals surface area contributed by atoms with Gasteiger partial charge in [0, 0.05) is 6.92 Å². The van der Waals surface area contributed by atoms with E-state index in [2.05, 4.69) is 0 Å². The predicted molar refractivity (Wildman–Crippen MR) is 92.7 cm³/mol. The van der Waals surface area contributed by atoms with Crippen molar-refractivity contribution in [2.75, 3.05) is 0 Å². The van der Waals surface area contributed by atoms with Crippen molar-refractivity contribution >= 4 is 11.9 Å². The molecule has 0 saturated heterocycles. The number of benzene rings is 2. The fourth-order valence-electron chi connectivity index (χ4n) is 1.46. The van der Waals surface area contributed by atoms with E-state index in [0.29, 0.717) is 0 Å². The van der Waals surface area contributed by atoms with Gasteiger partial charge in [0.1, 0.15) is 6.10 Å². The number of aliphatic hydroxyl groups is 1. The van der Waals surface area contributed by atoms with E-state index in [9.17, 15) is 9.90 Å². The van der Waals surface area contributed by atoms with Crippen LogP contribution in [-0.4, -0.2) is 27.3 Å². The Bertz CT molecular complexity index is 550. The molecule has 0 saturated carbocycles. The highest BCUT2D eigenvalue weighted by molar-refractivity contribution is 5.68. The second kappa shape index (κ2) is 11.8. The summed E-state index contributed by atoms with van der Waals surface area (Å²) in [5.41, 5.74) is 1.86. The molecule has 0 atom stereocenters. The maximum atomic E-state index is 9.99. The Balaban J connectivity index is 0.000000443. The molecule has 24 heavy (non-hydrogen) atoms. The molecule has 0 unspecified atom stereocenters. The third kappa shape index (κ3) is 10.1. The summed E-state index contributed by atoms with van der Waals surface area (Å²) in [5.74, 6) is -1.81. The van der Waals surface area contributed by atoms with E-state index < -0.39 is 18.0 Å². The number of hydrogen-bond acceptors (Lipinski definition) is 3. The fourth-order valence-corrected chi connectivity index (χ4v) is 1.46. The Hall–Kier alpha value is -2.66. The van der Waals surface area contributed by atoms with E-state index in [1.165, 1.54) is 0 Å². The highest BCUT2D eigenvalue weighted by Gasteiger charge is 2.07. The molecule has 2 aromatic carbocycles. The average molecular weight is 332 g/mol. The van der Waals surface area contributed by atoms with Crippen molar-refractivity contribution in [3.8, 4) is 0 Å². The van der Waals surface area contributed by atoms with E-state index in [-0.39, 0.29) is 5.92 Å². The zero-order chi connectivity index (χ0) is 18.5. The van der Waals surface area contributed by atoms with E-state index in [0.717, 1.165) is 18.1 Å². The zero-order valence-electron chi connectivity index (χ0n) is 14.1. The molecular weight excluding hydrogens is 308 g/mol. The number of rotatable bonds is 3. The summed E-state index contributed by atoms with van der Waals surface area (Å²) in [6.45, 7) is 4.37. The molecule has 5 nitrogen and oxygen atoms in total. The molecular formula is C19H24O5. The maximum absolute atomic E-state index is 9.99. The Kier molecular flexibility index (Phi) is 10.5. The molecule has 0 aliphatic rings. The number of aliphatic hydroxyl groups excluding tert-OH is 1. The summed E-state index contributed by atoms with van der Waals surface area (Å²) < 4.78 is 0. The lowest BCUT2D eigenvalue weighted by atomic mass is 10.0. The second-order valence-electron chi connectivity index (χ2n) is 5.24. The fraction of sp³-hybridized carbons (Fsp3) is 0.263. The molecule has 2 rings (SSSR count). The second-order valence-corrected chi connectivity index (χ2v) is 5.24. The van der Waals surface area contributed by atoms with Crippen LogP contribution in [0.5, 0.6) is 0 Å². The van der Waals surface area contributed by atoms with E-state index in [4.69, 9.17) is 15.0 Å². The number of hydrogen-bond donors (Lipinski definition) is 3. The Morgan fingerprint density at radius 1 is 0.792 bits per heavy atom. The monoisotopic (exact) mass is 332 g/mol. The van der Waals surface area contributed by atoms with Crippen LogP contribution in [-0.2, 0) is 9.59 Å². The summed E-state index contributed by atoms with van der Waals surface area (Å²) >= 11 is 0. The van der Waals surface area contributed by atoms with Crippen LogP contribution in [0.4, 0.5) is 0 Å². The van der Waals surface area contributed by atoms with Crippen LogP contribution in [0.2, 0.25) is 0 Å². The maximum Gasteiger partial charge on any atom is 0.305 e. The van der Waals surface area contributed by atoms with Gasteiger partial charge in [0.25, 0.3) is 5.97 Å². The van der Waals surface area contributed by atoms with Gasteiger partial charge < -0.3 is 15.3 Å². The van der Waals surface area contributed by atoms with Gasteiger partial charge in [0.2, 0.25) is 0 Å². The summed E-state index contributed by atoms with van der Waals surface area (Å²) in [6.07, 6.45) is -0.516. The Morgan fingerprint density at radius 3 is 1.25 bits per heavy atom. The van der Waals surface area contributed by atoms with Gasteiger partial charge in [-0.15, -0.1) is 0 Å². The summed E-state index contributed by atoms with van der Waals surface area (Å²) in [4.78, 5) is 18.7. The Morgan fingerprint density at radius 2 is 1.04 bits per heavy atom. The van der Waals surface area contributed by atoms with Crippen molar-refractivity contribution < 1.29 is 24.9 Å². The normalized spacial score (nSPS) is 9.42. The largest absolute Gasteiger partial charge is 0.481 e. The number of carboxylic acids is 2. The first kappa shape index (κ1) is 21.3. The molecule has 0 bridgehead atoms. The molecule has 0 fully saturated rings. The van der Waals surface area contributed by atoms with E-state index in [1.54, 1.807) is 13.8 Å². The minimum atomic E-state index is -0.833. The van der Waals surface area contributed by atoms with Crippen LogP contribution in [0.25, 0.3) is 0 Å². The van der Waals surface area contributed by atoms with Crippen molar-refractivity contribution in [1.29, 1.82) is 0 Å². The van der Waals surface area contributed by atoms with Crippen molar-refractivity contribution in [3.63, 3.8) is 0 Å². The summed E-state index contributed by atoms with van der Waals surface area (Å²) in [6, 6.07) is 19.3. The van der Waals surface area contributed by atoms with Crippen LogP contribution in [0.15, 0.2) is 60.7 Å². The quantitative estimate of drug-likeness (QED) is 0.798. The summed E-state index contributed by atoms with van der Waals surface area (Å²) in [5, 5.41) is 25.4. The minimum Gasteiger partial charge on any atom is -0.481 e. The number of carboxylic acid groups (broad SMARTS) is 2. The molecule has 0 heterocycles. The molecule has 0 aliphatic carbocycles. The van der Waals surface area contributed by atoms with Gasteiger partial charge in [-0.05, 0) is 11.1 Å². The first-order valence-electron chi connectivity index (χ1n) is 7.46. The number of aliphatic carboxylic acids is 2. The third-order valence-electron chi connectivity index (χ3n) is 2.72. The first-order valence-corrected chi connectivity index (χ1v) is 7.46. The van der Waals surface area contributed by atoms with Gasteiger partial charge in [0.05, 0.1) is 5.92 Å². The highest BCUT2D eigenvalue weighted by atomic mass is 16.4. The van der Waals surface area contributed by atoms with Gasteiger partial charge >= 0.3 is 5.97 Å². The third-order valence-corrected chi connectivity index (χ3v) is 2.72. The van der Waals surface area contributed by atoms with Crippen LogP contribution in [0.3, 0.4) is 0 Å². The highest BCUT2D eigenvalue weighted by Crippen LogP contribution is 2.20. The van der Waals surface area contributed by atoms with Crippen molar-refractivity contribution in [1.82, 2.24) is 0 Å². The molecule has 0 spiro atoms. The van der Waals surface area contributed by atoms with Crippen LogP contribution < -0.4 is 0 Å². The molecule has 0 amide bonds. The predicted octanol–water partition coefficient (Wildman–Crippen LogP) is 3.59. The van der Waals surface area contributed by atoms with Crippen LogP contribution in [0, 0.1) is 5.92 Å². The lowest BCUT2D eigenvalue weighted by Gasteiger charge is -2.10. The van der Waals surface area contributed by atoms with Crippen molar-refractivity contribution in [2.24, 2.45) is 5.92 Å². The Labute approximate surface area is 142 Å². The lowest BCUT2D eigenvalue weighted by molar-refractivity contribution is -0.140. The molecule has 0 aliphatic heterocycles. The van der Waals surface area contributed by atoms with E-state index in [1.807, 2.05) is 60.7 Å². The van der Waals surface area contributed by atoms with Crippen LogP contribution in [0.1, 0.15) is 38.0 Å². The summed E-state index contributed by atoms with van der Waals surface area (Å²) in [7, 11) is 0. The minimum absolute atomic E-state index is 0.231. The lowest BCUT2D eigenvalue weighted by Crippen LogP contribution is -2.03. The van der Waals surface area contributed by atoms with Gasteiger partial charge in [-0.3, -0.25) is 9.59 Å². The smallest absolute Gasteiger partial charge is 0.305 e. The molecule has 5 heteroatoms. The molecule has 3 N–H and O–H groups in total.